The van der Waals surface area contributed by atoms with Gasteiger partial charge in [0.15, 0.2) is 0 Å². The Labute approximate surface area is 137 Å². The van der Waals surface area contributed by atoms with Gasteiger partial charge in [0.2, 0.25) is 0 Å². The molecule has 0 aliphatic heterocycles. The van der Waals surface area contributed by atoms with E-state index in [0.29, 0.717) is 32.0 Å². The molecule has 0 N–H and O–H groups in total. The lowest BCUT2D eigenvalue weighted by Crippen LogP contribution is -2.23. The van der Waals surface area contributed by atoms with Gasteiger partial charge in [-0.15, -0.1) is 0 Å². The molecule has 0 saturated heterocycles. The Balaban J connectivity index is 1.81. The monoisotopic (exact) mass is 321 g/mol. The predicted octanol–water partition coefficient (Wildman–Crippen LogP) is 3.18. The summed E-state index contributed by atoms with van der Waals surface area (Å²) in [6.45, 7) is 3.40. The van der Waals surface area contributed by atoms with E-state index >= 15 is 0 Å². The number of carbonyl (C=O) groups excluding carboxylic acids is 1. The maximum Gasteiger partial charge on any atom is 0.305 e. The van der Waals surface area contributed by atoms with Crippen LogP contribution in [0, 0.1) is 5.92 Å². The quantitative estimate of drug-likeness (QED) is 0.303. The Morgan fingerprint density at radius 2 is 2.17 bits per heavy atom. The SMILES string of the molecule is CCOC(=O)CCCO/N=C(\Cn1ccnc1)C1CCCCC1. The first-order valence-corrected chi connectivity index (χ1v) is 8.59. The van der Waals surface area contributed by atoms with Crippen molar-refractivity contribution in [2.24, 2.45) is 11.1 Å². The minimum absolute atomic E-state index is 0.175. The maximum absolute atomic E-state index is 11.3. The largest absolute Gasteiger partial charge is 0.466 e. The molecule has 0 unspecified atom stereocenters. The molecule has 1 aromatic heterocycles. The first kappa shape index (κ1) is 17.5. The summed E-state index contributed by atoms with van der Waals surface area (Å²) >= 11 is 0. The summed E-state index contributed by atoms with van der Waals surface area (Å²) in [5, 5.41) is 4.38. The smallest absolute Gasteiger partial charge is 0.305 e. The van der Waals surface area contributed by atoms with Gasteiger partial charge >= 0.3 is 5.97 Å². The first-order chi connectivity index (χ1) is 11.3. The van der Waals surface area contributed by atoms with Crippen LogP contribution in [0.4, 0.5) is 0 Å². The van der Waals surface area contributed by atoms with Crippen molar-refractivity contribution >= 4 is 11.7 Å². The van der Waals surface area contributed by atoms with E-state index in [-0.39, 0.29) is 5.97 Å². The molecule has 1 heterocycles. The Morgan fingerprint density at radius 1 is 1.35 bits per heavy atom. The minimum Gasteiger partial charge on any atom is -0.466 e. The summed E-state index contributed by atoms with van der Waals surface area (Å²) < 4.78 is 6.92. The Hall–Kier alpha value is -1.85. The van der Waals surface area contributed by atoms with Gasteiger partial charge in [0.05, 0.1) is 25.2 Å². The lowest BCUT2D eigenvalue weighted by atomic mass is 9.86. The summed E-state index contributed by atoms with van der Waals surface area (Å²) in [6, 6.07) is 0. The summed E-state index contributed by atoms with van der Waals surface area (Å²) in [7, 11) is 0. The second-order valence-corrected chi connectivity index (χ2v) is 5.89. The summed E-state index contributed by atoms with van der Waals surface area (Å²) in [4.78, 5) is 20.8. The third-order valence-electron chi connectivity index (χ3n) is 4.08. The number of esters is 1. The highest BCUT2D eigenvalue weighted by atomic mass is 16.6. The summed E-state index contributed by atoms with van der Waals surface area (Å²) in [6.07, 6.45) is 12.7. The van der Waals surface area contributed by atoms with Gasteiger partial charge in [-0.1, -0.05) is 24.4 Å². The van der Waals surface area contributed by atoms with Gasteiger partial charge in [0.1, 0.15) is 6.61 Å². The first-order valence-electron chi connectivity index (χ1n) is 8.59. The Morgan fingerprint density at radius 3 is 2.87 bits per heavy atom. The van der Waals surface area contributed by atoms with Crippen LogP contribution in [0.5, 0.6) is 0 Å². The van der Waals surface area contributed by atoms with Crippen molar-refractivity contribution in [2.75, 3.05) is 13.2 Å². The van der Waals surface area contributed by atoms with Gasteiger partial charge in [-0.2, -0.15) is 0 Å². The average molecular weight is 321 g/mol. The molecule has 1 aliphatic carbocycles. The second-order valence-electron chi connectivity index (χ2n) is 5.89. The number of hydrogen-bond acceptors (Lipinski definition) is 5. The van der Waals surface area contributed by atoms with Crippen LogP contribution < -0.4 is 0 Å². The fraction of sp³-hybridized carbons (Fsp3) is 0.706. The van der Waals surface area contributed by atoms with Gasteiger partial charge in [0, 0.05) is 24.7 Å². The average Bonchev–Trinajstić information content (AvgIpc) is 3.07. The zero-order chi connectivity index (χ0) is 16.3. The van der Waals surface area contributed by atoms with Gasteiger partial charge in [-0.3, -0.25) is 4.79 Å². The predicted molar refractivity (Wildman–Crippen MR) is 88.1 cm³/mol. The molecule has 1 aromatic rings. The lowest BCUT2D eigenvalue weighted by molar-refractivity contribution is -0.143. The molecule has 0 radical (unpaired) electrons. The van der Waals surface area contributed by atoms with Gasteiger partial charge in [-0.05, 0) is 26.2 Å². The summed E-state index contributed by atoms with van der Waals surface area (Å²) in [5.74, 6) is 0.321. The van der Waals surface area contributed by atoms with Crippen LogP contribution in [0.2, 0.25) is 0 Å². The van der Waals surface area contributed by atoms with Gasteiger partial charge in [0.25, 0.3) is 0 Å². The summed E-state index contributed by atoms with van der Waals surface area (Å²) in [5.41, 5.74) is 1.08. The van der Waals surface area contributed by atoms with Crippen LogP contribution in [-0.4, -0.2) is 34.4 Å². The molecule has 128 valence electrons. The molecule has 2 rings (SSSR count). The van der Waals surface area contributed by atoms with Crippen molar-refractivity contribution in [3.8, 4) is 0 Å². The highest BCUT2D eigenvalue weighted by molar-refractivity contribution is 5.86. The van der Waals surface area contributed by atoms with E-state index in [2.05, 4.69) is 10.1 Å². The van der Waals surface area contributed by atoms with Gasteiger partial charge < -0.3 is 14.1 Å². The molecule has 1 fully saturated rings. The van der Waals surface area contributed by atoms with Gasteiger partial charge in [-0.25, -0.2) is 4.98 Å². The van der Waals surface area contributed by atoms with E-state index < -0.39 is 0 Å². The van der Waals surface area contributed by atoms with E-state index in [1.165, 1.54) is 32.1 Å². The molecular formula is C17H27N3O3. The van der Waals surface area contributed by atoms with E-state index in [1.807, 2.05) is 17.7 Å². The third-order valence-corrected chi connectivity index (χ3v) is 4.08. The van der Waals surface area contributed by atoms with Crippen LogP contribution in [0.1, 0.15) is 51.9 Å². The molecule has 0 amide bonds. The standard InChI is InChI=1S/C17H27N3O3/c1-2-22-17(21)9-6-12-23-19-16(13-20-11-10-18-14-20)15-7-4-3-5-8-15/h10-11,14-15H,2-9,12-13H2,1H3/b19-16+. The van der Waals surface area contributed by atoms with Crippen molar-refractivity contribution < 1.29 is 14.4 Å². The topological polar surface area (TPSA) is 65.7 Å². The zero-order valence-corrected chi connectivity index (χ0v) is 13.9. The van der Waals surface area contributed by atoms with Crippen molar-refractivity contribution in [1.82, 2.24) is 9.55 Å². The van der Waals surface area contributed by atoms with E-state index in [4.69, 9.17) is 9.57 Å². The van der Waals surface area contributed by atoms with E-state index in [0.717, 1.165) is 12.3 Å². The normalized spacial score (nSPS) is 16.3. The number of rotatable bonds is 9. The van der Waals surface area contributed by atoms with E-state index in [1.54, 1.807) is 12.5 Å². The van der Waals surface area contributed by atoms with Crippen molar-refractivity contribution in [2.45, 2.75) is 58.4 Å². The fourth-order valence-corrected chi connectivity index (χ4v) is 2.88. The number of carbonyl (C=O) groups is 1. The fourth-order valence-electron chi connectivity index (χ4n) is 2.88. The highest BCUT2D eigenvalue weighted by Gasteiger charge is 2.20. The Kier molecular flexibility index (Phi) is 7.63. The van der Waals surface area contributed by atoms with Crippen LogP contribution in [0.15, 0.2) is 23.9 Å². The molecule has 6 nitrogen and oxygen atoms in total. The number of aromatic nitrogens is 2. The van der Waals surface area contributed by atoms with Crippen molar-refractivity contribution in [1.29, 1.82) is 0 Å². The van der Waals surface area contributed by atoms with Crippen LogP contribution in [0.3, 0.4) is 0 Å². The molecular weight excluding hydrogens is 294 g/mol. The molecule has 6 heteroatoms. The molecule has 1 aliphatic rings. The maximum atomic E-state index is 11.3. The lowest BCUT2D eigenvalue weighted by Gasteiger charge is -2.23. The molecule has 0 atom stereocenters. The molecule has 23 heavy (non-hydrogen) atoms. The number of ether oxygens (including phenoxy) is 1. The van der Waals surface area contributed by atoms with Crippen molar-refractivity contribution in [3.05, 3.63) is 18.7 Å². The van der Waals surface area contributed by atoms with Crippen LogP contribution in [-0.2, 0) is 20.9 Å². The van der Waals surface area contributed by atoms with Crippen LogP contribution in [0.25, 0.3) is 0 Å². The molecule has 0 aromatic carbocycles. The number of hydrogen-bond donors (Lipinski definition) is 0. The number of imidazole rings is 1. The molecule has 0 spiro atoms. The zero-order valence-electron chi connectivity index (χ0n) is 13.9. The van der Waals surface area contributed by atoms with E-state index in [9.17, 15) is 4.79 Å². The number of nitrogens with zero attached hydrogens (tertiary/aromatic N) is 3. The second kappa shape index (κ2) is 10.0. The molecule has 1 saturated carbocycles. The minimum atomic E-state index is -0.175. The third kappa shape index (κ3) is 6.42. The van der Waals surface area contributed by atoms with Crippen molar-refractivity contribution in [3.63, 3.8) is 0 Å². The number of oxime groups is 1. The van der Waals surface area contributed by atoms with Crippen LogP contribution >= 0.6 is 0 Å². The Bertz CT molecular complexity index is 479. The molecule has 0 bridgehead atoms. The highest BCUT2D eigenvalue weighted by Crippen LogP contribution is 2.25.